The van der Waals surface area contributed by atoms with E-state index in [4.69, 9.17) is 9.15 Å². The van der Waals surface area contributed by atoms with Crippen molar-refractivity contribution >= 4 is 17.0 Å². The van der Waals surface area contributed by atoms with E-state index < -0.39 is 34.2 Å². The Labute approximate surface area is 158 Å². The van der Waals surface area contributed by atoms with Gasteiger partial charge in [-0.3, -0.25) is 4.79 Å². The first-order valence-electron chi connectivity index (χ1n) is 8.16. The molecule has 5 N–H and O–H groups in total. The molecule has 0 saturated heterocycles. The van der Waals surface area contributed by atoms with Crippen LogP contribution in [0, 0.1) is 0 Å². The van der Waals surface area contributed by atoms with E-state index in [2.05, 4.69) is 0 Å². The van der Waals surface area contributed by atoms with E-state index in [-0.39, 0.29) is 33.6 Å². The van der Waals surface area contributed by atoms with Gasteiger partial charge in [-0.05, 0) is 38.1 Å². The Balaban J connectivity index is 2.48. The molecule has 8 heteroatoms. The maximum Gasteiger partial charge on any atom is 0.238 e. The van der Waals surface area contributed by atoms with Crippen molar-refractivity contribution in [1.29, 1.82) is 0 Å². The molecule has 0 spiro atoms. The molecular weight excluding hydrogens is 368 g/mol. The van der Waals surface area contributed by atoms with Crippen molar-refractivity contribution in [2.24, 2.45) is 0 Å². The average molecular weight is 386 g/mol. The summed E-state index contributed by atoms with van der Waals surface area (Å²) < 4.78 is 10.8. The Bertz CT molecular complexity index is 1180. The van der Waals surface area contributed by atoms with Crippen LogP contribution in [0.1, 0.15) is 19.4 Å². The fourth-order valence-electron chi connectivity index (χ4n) is 2.85. The monoisotopic (exact) mass is 386 g/mol. The standard InChI is InChI=1S/C20H18O8/c1-8(2)6-10-14(23)13-16(25)17(26)18(9-4-5-11(21)12(22)7-9)28-19(13)20(27-3)15(10)24/h4-7,21-24,26H,1-3H3. The lowest BCUT2D eigenvalue weighted by Gasteiger charge is -2.14. The lowest BCUT2D eigenvalue weighted by atomic mass is 10.0. The van der Waals surface area contributed by atoms with Crippen molar-refractivity contribution < 1.29 is 34.7 Å². The molecule has 0 unspecified atom stereocenters. The fraction of sp³-hybridized carbons (Fsp3) is 0.150. The number of fused-ring (bicyclic) bond motifs is 1. The molecule has 0 aliphatic carbocycles. The number of phenolic OH excluding ortho intramolecular Hbond substituents is 4. The third-order valence-corrected chi connectivity index (χ3v) is 4.13. The summed E-state index contributed by atoms with van der Waals surface area (Å²) in [5, 5.41) is 50.2. The van der Waals surface area contributed by atoms with Crippen LogP contribution in [-0.4, -0.2) is 32.6 Å². The van der Waals surface area contributed by atoms with E-state index >= 15 is 0 Å². The Morgan fingerprint density at radius 2 is 1.68 bits per heavy atom. The molecule has 3 aromatic rings. The summed E-state index contributed by atoms with van der Waals surface area (Å²) >= 11 is 0. The molecule has 0 bridgehead atoms. The Morgan fingerprint density at radius 1 is 1.00 bits per heavy atom. The summed E-state index contributed by atoms with van der Waals surface area (Å²) in [6, 6.07) is 3.55. The topological polar surface area (TPSA) is 141 Å². The van der Waals surface area contributed by atoms with E-state index in [1.165, 1.54) is 19.3 Å². The highest BCUT2D eigenvalue weighted by molar-refractivity contribution is 5.97. The van der Waals surface area contributed by atoms with Crippen molar-refractivity contribution in [1.82, 2.24) is 0 Å². The number of hydrogen-bond donors (Lipinski definition) is 5. The van der Waals surface area contributed by atoms with Gasteiger partial charge in [-0.2, -0.15) is 0 Å². The zero-order valence-electron chi connectivity index (χ0n) is 15.3. The van der Waals surface area contributed by atoms with E-state index in [0.717, 1.165) is 17.7 Å². The van der Waals surface area contributed by atoms with Crippen molar-refractivity contribution in [3.8, 4) is 45.8 Å². The van der Waals surface area contributed by atoms with Crippen LogP contribution in [0.5, 0.6) is 34.5 Å². The van der Waals surface area contributed by atoms with Crippen molar-refractivity contribution in [2.75, 3.05) is 7.11 Å². The second-order valence-electron chi connectivity index (χ2n) is 6.38. The van der Waals surface area contributed by atoms with E-state index in [1.54, 1.807) is 13.8 Å². The third kappa shape index (κ3) is 2.84. The number of methoxy groups -OCH3 is 1. The number of allylic oxidation sites excluding steroid dienone is 1. The van der Waals surface area contributed by atoms with Crippen LogP contribution in [-0.2, 0) is 0 Å². The SMILES string of the molecule is COc1c(O)c(C=C(C)C)c(O)c2c(=O)c(O)c(-c3ccc(O)c(O)c3)oc12. The lowest BCUT2D eigenvalue weighted by Crippen LogP contribution is -2.05. The van der Waals surface area contributed by atoms with Gasteiger partial charge in [0.25, 0.3) is 0 Å². The van der Waals surface area contributed by atoms with Gasteiger partial charge in [0.15, 0.2) is 28.6 Å². The van der Waals surface area contributed by atoms with E-state index in [9.17, 15) is 30.3 Å². The van der Waals surface area contributed by atoms with Crippen LogP contribution >= 0.6 is 0 Å². The fourth-order valence-corrected chi connectivity index (χ4v) is 2.85. The molecule has 1 heterocycles. The highest BCUT2D eigenvalue weighted by Gasteiger charge is 2.26. The number of hydrogen-bond acceptors (Lipinski definition) is 8. The summed E-state index contributed by atoms with van der Waals surface area (Å²) in [5.41, 5.74) is -0.471. The first-order chi connectivity index (χ1) is 13.2. The predicted molar refractivity (Wildman–Crippen MR) is 102 cm³/mol. The van der Waals surface area contributed by atoms with Gasteiger partial charge in [-0.1, -0.05) is 5.57 Å². The lowest BCUT2D eigenvalue weighted by molar-refractivity contribution is 0.365. The molecule has 8 nitrogen and oxygen atoms in total. The first kappa shape index (κ1) is 19.0. The average Bonchev–Trinajstić information content (AvgIpc) is 2.64. The zero-order chi connectivity index (χ0) is 20.7. The van der Waals surface area contributed by atoms with Gasteiger partial charge < -0.3 is 34.7 Å². The van der Waals surface area contributed by atoms with Gasteiger partial charge >= 0.3 is 0 Å². The second-order valence-corrected chi connectivity index (χ2v) is 6.38. The van der Waals surface area contributed by atoms with E-state index in [0.29, 0.717) is 0 Å². The van der Waals surface area contributed by atoms with Crippen molar-refractivity contribution in [3.05, 3.63) is 39.6 Å². The summed E-state index contributed by atoms with van der Waals surface area (Å²) in [5.74, 6) is -3.26. The Hall–Kier alpha value is -3.81. The minimum absolute atomic E-state index is 0.0499. The third-order valence-electron chi connectivity index (χ3n) is 4.13. The van der Waals surface area contributed by atoms with Gasteiger partial charge in [0, 0.05) is 5.56 Å². The largest absolute Gasteiger partial charge is 0.506 e. The number of aromatic hydroxyl groups is 5. The van der Waals surface area contributed by atoms with Gasteiger partial charge in [0.05, 0.1) is 12.7 Å². The normalized spacial score (nSPS) is 10.8. The molecule has 0 aliphatic heterocycles. The number of ether oxygens (including phenoxy) is 1. The second kappa shape index (κ2) is 6.73. The maximum atomic E-state index is 12.8. The van der Waals surface area contributed by atoms with Crippen LogP contribution in [0.25, 0.3) is 28.4 Å². The number of rotatable bonds is 3. The number of benzene rings is 2. The molecule has 28 heavy (non-hydrogen) atoms. The molecule has 0 fully saturated rings. The van der Waals surface area contributed by atoms with Gasteiger partial charge in [0.1, 0.15) is 11.1 Å². The van der Waals surface area contributed by atoms with Crippen LogP contribution in [0.2, 0.25) is 0 Å². The molecule has 3 rings (SSSR count). The van der Waals surface area contributed by atoms with Crippen molar-refractivity contribution in [2.45, 2.75) is 13.8 Å². The molecule has 0 radical (unpaired) electrons. The maximum absolute atomic E-state index is 12.8. The van der Waals surface area contributed by atoms with Crippen LogP contribution in [0.4, 0.5) is 0 Å². The molecule has 0 atom stereocenters. The molecule has 2 aromatic carbocycles. The molecular formula is C20H18O8. The van der Waals surface area contributed by atoms with Gasteiger partial charge in [-0.15, -0.1) is 0 Å². The molecule has 0 amide bonds. The molecule has 0 saturated carbocycles. The van der Waals surface area contributed by atoms with Gasteiger partial charge in [-0.25, -0.2) is 0 Å². The smallest absolute Gasteiger partial charge is 0.238 e. The molecule has 0 aliphatic rings. The highest BCUT2D eigenvalue weighted by Crippen LogP contribution is 2.47. The molecule has 146 valence electrons. The van der Waals surface area contributed by atoms with E-state index in [1.807, 2.05) is 0 Å². The quantitative estimate of drug-likeness (QED) is 0.431. The van der Waals surface area contributed by atoms with Crippen LogP contribution in [0.15, 0.2) is 33.0 Å². The summed E-state index contributed by atoms with van der Waals surface area (Å²) in [7, 11) is 1.25. The minimum Gasteiger partial charge on any atom is -0.506 e. The van der Waals surface area contributed by atoms with Crippen LogP contribution < -0.4 is 10.2 Å². The minimum atomic E-state index is -0.956. The summed E-state index contributed by atoms with van der Waals surface area (Å²) in [4.78, 5) is 12.8. The van der Waals surface area contributed by atoms with Crippen molar-refractivity contribution in [3.63, 3.8) is 0 Å². The predicted octanol–water partition coefficient (Wildman–Crippen LogP) is 3.42. The zero-order valence-corrected chi connectivity index (χ0v) is 15.3. The highest BCUT2D eigenvalue weighted by atomic mass is 16.5. The summed E-state index contributed by atoms with van der Waals surface area (Å²) in [6.45, 7) is 3.46. The number of phenols is 4. The van der Waals surface area contributed by atoms with Crippen LogP contribution in [0.3, 0.4) is 0 Å². The Kier molecular flexibility index (Phi) is 4.56. The molecule has 1 aromatic heterocycles. The van der Waals surface area contributed by atoms with Gasteiger partial charge in [0.2, 0.25) is 16.9 Å². The summed E-state index contributed by atoms with van der Waals surface area (Å²) in [6.07, 6.45) is 1.45. The Morgan fingerprint density at radius 3 is 2.25 bits per heavy atom. The first-order valence-corrected chi connectivity index (χ1v) is 8.16.